The molecule has 1 saturated heterocycles. The van der Waals surface area contributed by atoms with Crippen LogP contribution in [0.4, 0.5) is 0 Å². The monoisotopic (exact) mass is 314 g/mol. The summed E-state index contributed by atoms with van der Waals surface area (Å²) in [5, 5.41) is 2.97. The highest BCUT2D eigenvalue weighted by Gasteiger charge is 2.23. The summed E-state index contributed by atoms with van der Waals surface area (Å²) in [6.45, 7) is 5.95. The first-order valence-electron chi connectivity index (χ1n) is 8.36. The summed E-state index contributed by atoms with van der Waals surface area (Å²) in [6, 6.07) is 9.82. The second-order valence-corrected chi connectivity index (χ2v) is 6.44. The highest BCUT2D eigenvalue weighted by molar-refractivity contribution is 5.91. The van der Waals surface area contributed by atoms with Gasteiger partial charge in [0.2, 0.25) is 11.8 Å². The van der Waals surface area contributed by atoms with E-state index in [9.17, 15) is 9.59 Å². The zero-order valence-corrected chi connectivity index (χ0v) is 14.0. The van der Waals surface area contributed by atoms with Crippen LogP contribution in [0.25, 0.3) is 6.08 Å². The Kier molecular flexibility index (Phi) is 6.39. The molecule has 23 heavy (non-hydrogen) atoms. The molecule has 124 valence electrons. The van der Waals surface area contributed by atoms with Gasteiger partial charge in [-0.2, -0.15) is 0 Å². The van der Waals surface area contributed by atoms with E-state index in [0.717, 1.165) is 31.5 Å². The predicted octanol–water partition coefficient (Wildman–Crippen LogP) is 2.71. The molecule has 0 radical (unpaired) electrons. The van der Waals surface area contributed by atoms with Crippen molar-refractivity contribution in [2.75, 3.05) is 19.6 Å². The van der Waals surface area contributed by atoms with Crippen LogP contribution in [-0.2, 0) is 9.59 Å². The molecule has 0 saturated carbocycles. The van der Waals surface area contributed by atoms with Gasteiger partial charge in [-0.1, -0.05) is 44.2 Å². The molecule has 0 spiro atoms. The predicted molar refractivity (Wildman–Crippen MR) is 92.6 cm³/mol. The second-order valence-electron chi connectivity index (χ2n) is 6.44. The number of hydrogen-bond donors (Lipinski definition) is 1. The first-order valence-corrected chi connectivity index (χ1v) is 8.36. The van der Waals surface area contributed by atoms with E-state index < -0.39 is 0 Å². The van der Waals surface area contributed by atoms with Gasteiger partial charge in [0.25, 0.3) is 0 Å². The smallest absolute Gasteiger partial charge is 0.246 e. The quantitative estimate of drug-likeness (QED) is 0.850. The van der Waals surface area contributed by atoms with Crippen molar-refractivity contribution in [3.05, 3.63) is 42.0 Å². The summed E-state index contributed by atoms with van der Waals surface area (Å²) < 4.78 is 0. The number of hydrogen-bond acceptors (Lipinski definition) is 2. The molecule has 1 aromatic carbocycles. The third kappa shape index (κ3) is 5.55. The van der Waals surface area contributed by atoms with Crippen LogP contribution in [0, 0.1) is 11.8 Å². The molecule has 1 heterocycles. The van der Waals surface area contributed by atoms with Crippen molar-refractivity contribution in [2.45, 2.75) is 26.7 Å². The summed E-state index contributed by atoms with van der Waals surface area (Å²) in [4.78, 5) is 25.9. The molecular weight excluding hydrogens is 288 g/mol. The number of nitrogens with zero attached hydrogens (tertiary/aromatic N) is 1. The Hall–Kier alpha value is -2.10. The van der Waals surface area contributed by atoms with Crippen LogP contribution in [0.2, 0.25) is 0 Å². The minimum atomic E-state index is 0.00475. The Labute approximate surface area is 138 Å². The van der Waals surface area contributed by atoms with E-state index in [-0.39, 0.29) is 17.7 Å². The van der Waals surface area contributed by atoms with Gasteiger partial charge < -0.3 is 10.2 Å². The molecule has 4 heteroatoms. The number of carbonyl (C=O) groups excluding carboxylic acids is 2. The molecule has 4 nitrogen and oxygen atoms in total. The zero-order valence-electron chi connectivity index (χ0n) is 14.0. The third-order valence-electron chi connectivity index (χ3n) is 4.14. The van der Waals surface area contributed by atoms with Gasteiger partial charge in [0.15, 0.2) is 0 Å². The molecule has 1 unspecified atom stereocenters. The molecule has 1 fully saturated rings. The Balaban J connectivity index is 1.84. The number of carbonyl (C=O) groups is 2. The Morgan fingerprint density at radius 3 is 2.74 bits per heavy atom. The zero-order chi connectivity index (χ0) is 16.7. The fourth-order valence-electron chi connectivity index (χ4n) is 2.72. The van der Waals surface area contributed by atoms with Gasteiger partial charge in [-0.05, 0) is 30.4 Å². The van der Waals surface area contributed by atoms with Crippen molar-refractivity contribution in [3.8, 4) is 0 Å². The van der Waals surface area contributed by atoms with E-state index in [4.69, 9.17) is 0 Å². The van der Waals surface area contributed by atoms with Crippen LogP contribution in [-0.4, -0.2) is 36.3 Å². The first-order chi connectivity index (χ1) is 11.1. The van der Waals surface area contributed by atoms with Crippen molar-refractivity contribution in [2.24, 2.45) is 11.8 Å². The Bertz CT molecular complexity index is 552. The standard InChI is InChI=1S/C19H26N2O2/c1-15(2)19(23)20-13-17-9-6-12-21(14-17)18(22)11-10-16-7-4-3-5-8-16/h3-5,7-8,10-11,15,17H,6,9,12-14H2,1-2H3,(H,20,23)/b11-10+. The summed E-state index contributed by atoms with van der Waals surface area (Å²) in [7, 11) is 0. The summed E-state index contributed by atoms with van der Waals surface area (Å²) in [6.07, 6.45) is 5.55. The SMILES string of the molecule is CC(C)C(=O)NCC1CCCN(C(=O)/C=C/c2ccccc2)C1. The fourth-order valence-corrected chi connectivity index (χ4v) is 2.72. The van der Waals surface area contributed by atoms with Gasteiger partial charge in [-0.25, -0.2) is 0 Å². The molecule has 2 amide bonds. The molecule has 1 aliphatic heterocycles. The number of piperidine rings is 1. The van der Waals surface area contributed by atoms with Crippen LogP contribution in [0.15, 0.2) is 36.4 Å². The van der Waals surface area contributed by atoms with E-state index in [2.05, 4.69) is 5.32 Å². The van der Waals surface area contributed by atoms with Crippen LogP contribution >= 0.6 is 0 Å². The molecule has 0 bridgehead atoms. The fraction of sp³-hybridized carbons (Fsp3) is 0.474. The van der Waals surface area contributed by atoms with Crippen LogP contribution in [0.5, 0.6) is 0 Å². The Morgan fingerprint density at radius 2 is 2.04 bits per heavy atom. The van der Waals surface area contributed by atoms with E-state index in [1.54, 1.807) is 6.08 Å². The van der Waals surface area contributed by atoms with Crippen molar-refractivity contribution < 1.29 is 9.59 Å². The largest absolute Gasteiger partial charge is 0.356 e. The van der Waals surface area contributed by atoms with Crippen LogP contribution in [0.3, 0.4) is 0 Å². The maximum absolute atomic E-state index is 12.3. The molecule has 1 N–H and O–H groups in total. The minimum Gasteiger partial charge on any atom is -0.356 e. The van der Waals surface area contributed by atoms with Gasteiger partial charge in [0, 0.05) is 31.6 Å². The average Bonchev–Trinajstić information content (AvgIpc) is 2.58. The molecule has 0 aromatic heterocycles. The number of likely N-dealkylation sites (tertiary alicyclic amines) is 1. The van der Waals surface area contributed by atoms with Gasteiger partial charge in [-0.3, -0.25) is 9.59 Å². The normalized spacial score (nSPS) is 18.4. The maximum atomic E-state index is 12.3. The van der Waals surface area contributed by atoms with Crippen LogP contribution < -0.4 is 5.32 Å². The maximum Gasteiger partial charge on any atom is 0.246 e. The number of rotatable bonds is 5. The Morgan fingerprint density at radius 1 is 1.30 bits per heavy atom. The van der Waals surface area contributed by atoms with E-state index in [1.165, 1.54) is 0 Å². The summed E-state index contributed by atoms with van der Waals surface area (Å²) in [5.74, 6) is 0.483. The molecule has 1 aromatic rings. The van der Waals surface area contributed by atoms with Crippen molar-refractivity contribution in [1.29, 1.82) is 0 Å². The molecule has 2 rings (SSSR count). The molecule has 1 aliphatic rings. The number of amides is 2. The first kappa shape index (κ1) is 17.3. The van der Waals surface area contributed by atoms with Crippen LogP contribution in [0.1, 0.15) is 32.3 Å². The lowest BCUT2D eigenvalue weighted by atomic mass is 9.97. The van der Waals surface area contributed by atoms with Gasteiger partial charge in [-0.15, -0.1) is 0 Å². The van der Waals surface area contributed by atoms with Crippen molar-refractivity contribution in [1.82, 2.24) is 10.2 Å². The lowest BCUT2D eigenvalue weighted by molar-refractivity contribution is -0.127. The number of nitrogens with one attached hydrogen (secondary N) is 1. The summed E-state index contributed by atoms with van der Waals surface area (Å²) >= 11 is 0. The third-order valence-corrected chi connectivity index (χ3v) is 4.14. The topological polar surface area (TPSA) is 49.4 Å². The molecule has 1 atom stereocenters. The van der Waals surface area contributed by atoms with E-state index in [1.807, 2.05) is 55.2 Å². The van der Waals surface area contributed by atoms with Gasteiger partial charge >= 0.3 is 0 Å². The minimum absolute atomic E-state index is 0.00475. The highest BCUT2D eigenvalue weighted by atomic mass is 16.2. The molecular formula is C19H26N2O2. The van der Waals surface area contributed by atoms with E-state index >= 15 is 0 Å². The van der Waals surface area contributed by atoms with Gasteiger partial charge in [0.1, 0.15) is 0 Å². The second kappa shape index (κ2) is 8.51. The highest BCUT2D eigenvalue weighted by Crippen LogP contribution is 2.16. The lowest BCUT2D eigenvalue weighted by Gasteiger charge is -2.32. The van der Waals surface area contributed by atoms with E-state index in [0.29, 0.717) is 12.5 Å². The van der Waals surface area contributed by atoms with Gasteiger partial charge in [0.05, 0.1) is 0 Å². The van der Waals surface area contributed by atoms with Crippen molar-refractivity contribution in [3.63, 3.8) is 0 Å². The summed E-state index contributed by atoms with van der Waals surface area (Å²) in [5.41, 5.74) is 1.03. The number of benzene rings is 1. The lowest BCUT2D eigenvalue weighted by Crippen LogP contribution is -2.43. The average molecular weight is 314 g/mol. The molecule has 0 aliphatic carbocycles. The van der Waals surface area contributed by atoms with Crippen molar-refractivity contribution >= 4 is 17.9 Å².